The van der Waals surface area contributed by atoms with Crippen molar-refractivity contribution in [2.45, 2.75) is 12.5 Å². The summed E-state index contributed by atoms with van der Waals surface area (Å²) in [7, 11) is 0. The molecule has 0 fully saturated rings. The molecule has 8 rings (SSSR count). The smallest absolute Gasteiger partial charge is 0.220 e. The highest BCUT2D eigenvalue weighted by atomic mass is 79.9. The first-order valence-corrected chi connectivity index (χ1v) is 13.0. The average molecular weight is 529 g/mol. The molecule has 0 saturated heterocycles. The molecule has 1 atom stereocenters. The zero-order valence-electron chi connectivity index (χ0n) is 19.3. The Morgan fingerprint density at radius 3 is 2.31 bits per heavy atom. The van der Waals surface area contributed by atoms with Gasteiger partial charge in [0.1, 0.15) is 0 Å². The molecule has 3 aromatic heterocycles. The predicted molar refractivity (Wildman–Crippen MR) is 152 cm³/mol. The van der Waals surface area contributed by atoms with Gasteiger partial charge in [-0.3, -0.25) is 8.97 Å². The van der Waals surface area contributed by atoms with Crippen LogP contribution < -0.4 is 0 Å². The van der Waals surface area contributed by atoms with E-state index in [9.17, 15) is 0 Å². The van der Waals surface area contributed by atoms with Crippen LogP contribution in [0.1, 0.15) is 12.5 Å². The minimum atomic E-state index is 0.273. The molecule has 0 saturated carbocycles. The van der Waals surface area contributed by atoms with Crippen molar-refractivity contribution in [1.82, 2.24) is 18.5 Å². The maximum atomic E-state index is 5.06. The summed E-state index contributed by atoms with van der Waals surface area (Å²) in [6, 6.07) is 32.8. The van der Waals surface area contributed by atoms with Crippen LogP contribution in [0.25, 0.3) is 55.3 Å². The second kappa shape index (κ2) is 7.45. The van der Waals surface area contributed by atoms with Crippen LogP contribution in [0, 0.1) is 0 Å². The van der Waals surface area contributed by atoms with E-state index in [0.29, 0.717) is 0 Å². The lowest BCUT2D eigenvalue weighted by atomic mass is 10.1. The Balaban J connectivity index is 1.45. The Hall–Kier alpha value is -4.09. The van der Waals surface area contributed by atoms with E-state index in [4.69, 9.17) is 4.98 Å². The van der Waals surface area contributed by atoms with E-state index in [-0.39, 0.29) is 6.04 Å². The normalized spacial score (nSPS) is 16.1. The fraction of sp³-hybridized carbons (Fsp3) is 0.0645. The van der Waals surface area contributed by atoms with Crippen LogP contribution in [-0.2, 0) is 0 Å². The van der Waals surface area contributed by atoms with Gasteiger partial charge in [0, 0.05) is 32.0 Å². The van der Waals surface area contributed by atoms with Crippen LogP contribution in [0.2, 0.25) is 0 Å². The molecule has 4 aromatic carbocycles. The first-order chi connectivity index (χ1) is 17.8. The minimum absolute atomic E-state index is 0.273. The highest BCUT2D eigenvalue weighted by Crippen LogP contribution is 2.38. The lowest BCUT2D eigenvalue weighted by Gasteiger charge is -2.19. The average Bonchev–Trinajstić information content (AvgIpc) is 3.55. The van der Waals surface area contributed by atoms with E-state index in [0.717, 1.165) is 44.4 Å². The summed E-state index contributed by atoms with van der Waals surface area (Å²) in [4.78, 5) is 5.06. The standard InChI is InChI=1S/C31H21BrN4/c32-20-8-7-9-21(18-20)34-26-12-3-1-10-23(26)24-19-22(16-17-27(24)34)35-29-14-5-6-15-30(29)36-28-13-4-2-11-25(28)33-31(35)36/h1-8,10-19,21H,9H2. The fourth-order valence-corrected chi connectivity index (χ4v) is 6.39. The summed E-state index contributed by atoms with van der Waals surface area (Å²) in [5.41, 5.74) is 8.07. The number of hydrogen-bond donors (Lipinski definition) is 0. The molecule has 0 spiro atoms. The van der Waals surface area contributed by atoms with Gasteiger partial charge in [0.25, 0.3) is 0 Å². The second-order valence-electron chi connectivity index (χ2n) is 9.41. The van der Waals surface area contributed by atoms with Crippen molar-refractivity contribution >= 4 is 65.6 Å². The molecule has 1 unspecified atom stereocenters. The van der Waals surface area contributed by atoms with E-state index >= 15 is 0 Å². The molecule has 5 heteroatoms. The first-order valence-electron chi connectivity index (χ1n) is 12.2. The third-order valence-corrected chi connectivity index (χ3v) is 7.92. The zero-order valence-corrected chi connectivity index (χ0v) is 20.9. The summed E-state index contributed by atoms with van der Waals surface area (Å²) >= 11 is 3.69. The predicted octanol–water partition coefficient (Wildman–Crippen LogP) is 8.32. The third kappa shape index (κ3) is 2.72. The van der Waals surface area contributed by atoms with Gasteiger partial charge >= 0.3 is 0 Å². The number of aromatic nitrogens is 4. The number of rotatable bonds is 2. The van der Waals surface area contributed by atoms with Crippen molar-refractivity contribution in [1.29, 1.82) is 0 Å². The van der Waals surface area contributed by atoms with E-state index in [1.54, 1.807) is 0 Å². The fourth-order valence-electron chi connectivity index (χ4n) is 5.90. The number of para-hydroxylation sites is 5. The summed E-state index contributed by atoms with van der Waals surface area (Å²) in [5.74, 6) is 0.935. The topological polar surface area (TPSA) is 27.2 Å². The number of benzene rings is 4. The molecule has 172 valence electrons. The molecule has 7 aromatic rings. The van der Waals surface area contributed by atoms with Crippen LogP contribution in [0.15, 0.2) is 114 Å². The zero-order chi connectivity index (χ0) is 23.8. The minimum Gasteiger partial charge on any atom is -0.333 e. The summed E-state index contributed by atoms with van der Waals surface area (Å²) in [6.07, 6.45) is 7.67. The van der Waals surface area contributed by atoms with E-state index in [1.807, 2.05) is 0 Å². The molecule has 0 aliphatic heterocycles. The van der Waals surface area contributed by atoms with E-state index in [1.165, 1.54) is 21.8 Å². The van der Waals surface area contributed by atoms with Crippen LogP contribution in [-0.4, -0.2) is 18.5 Å². The van der Waals surface area contributed by atoms with Gasteiger partial charge in [0.2, 0.25) is 5.78 Å². The number of halogens is 1. The molecule has 0 N–H and O–H groups in total. The van der Waals surface area contributed by atoms with Gasteiger partial charge in [0.15, 0.2) is 0 Å². The van der Waals surface area contributed by atoms with E-state index in [2.05, 4.69) is 139 Å². The maximum absolute atomic E-state index is 5.06. The highest BCUT2D eigenvalue weighted by molar-refractivity contribution is 9.11. The monoisotopic (exact) mass is 528 g/mol. The van der Waals surface area contributed by atoms with Gasteiger partial charge in [-0.15, -0.1) is 0 Å². The molecule has 1 aliphatic carbocycles. The third-order valence-electron chi connectivity index (χ3n) is 7.40. The van der Waals surface area contributed by atoms with E-state index < -0.39 is 0 Å². The molecule has 36 heavy (non-hydrogen) atoms. The first kappa shape index (κ1) is 20.1. The van der Waals surface area contributed by atoms with Crippen molar-refractivity contribution in [2.24, 2.45) is 0 Å². The van der Waals surface area contributed by atoms with Gasteiger partial charge in [-0.05, 0) is 61.0 Å². The summed E-state index contributed by atoms with van der Waals surface area (Å²) in [5, 5.41) is 2.53. The number of imidazole rings is 2. The van der Waals surface area contributed by atoms with Crippen molar-refractivity contribution in [2.75, 3.05) is 0 Å². The molecule has 0 bridgehead atoms. The molecule has 3 heterocycles. The number of fused-ring (bicyclic) bond motifs is 8. The van der Waals surface area contributed by atoms with Crippen LogP contribution >= 0.6 is 15.9 Å². The summed E-state index contributed by atoms with van der Waals surface area (Å²) in [6.45, 7) is 0. The number of nitrogens with zero attached hydrogens (tertiary/aromatic N) is 4. The summed E-state index contributed by atoms with van der Waals surface area (Å²) < 4.78 is 8.18. The molecule has 0 radical (unpaired) electrons. The van der Waals surface area contributed by atoms with Gasteiger partial charge < -0.3 is 4.57 Å². The van der Waals surface area contributed by atoms with Crippen LogP contribution in [0.4, 0.5) is 0 Å². The van der Waals surface area contributed by atoms with Crippen molar-refractivity contribution < 1.29 is 0 Å². The highest BCUT2D eigenvalue weighted by Gasteiger charge is 2.20. The molecule has 4 nitrogen and oxygen atoms in total. The Morgan fingerprint density at radius 1 is 0.722 bits per heavy atom. The molecule has 0 amide bonds. The second-order valence-corrected chi connectivity index (χ2v) is 10.3. The quantitative estimate of drug-likeness (QED) is 0.221. The molecular weight excluding hydrogens is 508 g/mol. The molecule has 1 aliphatic rings. The lowest BCUT2D eigenvalue weighted by Crippen LogP contribution is -2.07. The van der Waals surface area contributed by atoms with Gasteiger partial charge in [-0.25, -0.2) is 4.98 Å². The Kier molecular flexibility index (Phi) is 4.17. The van der Waals surface area contributed by atoms with Crippen LogP contribution in [0.3, 0.4) is 0 Å². The van der Waals surface area contributed by atoms with Gasteiger partial charge in [0.05, 0.1) is 28.1 Å². The number of allylic oxidation sites excluding steroid dienone is 4. The maximum Gasteiger partial charge on any atom is 0.220 e. The molecular formula is C31H21BrN4. The Morgan fingerprint density at radius 2 is 1.44 bits per heavy atom. The number of hydrogen-bond acceptors (Lipinski definition) is 1. The van der Waals surface area contributed by atoms with Crippen molar-refractivity contribution in [3.05, 3.63) is 114 Å². The SMILES string of the molecule is BrC1=CC(n2c3ccccc3c3cc(-n4c5ccccc5n5c6ccccc6nc45)ccc32)CC=C1. The Bertz CT molecular complexity index is 2050. The van der Waals surface area contributed by atoms with Crippen molar-refractivity contribution in [3.8, 4) is 5.69 Å². The Labute approximate surface area is 215 Å². The van der Waals surface area contributed by atoms with Crippen LogP contribution in [0.5, 0.6) is 0 Å². The largest absolute Gasteiger partial charge is 0.333 e. The van der Waals surface area contributed by atoms with Crippen molar-refractivity contribution in [3.63, 3.8) is 0 Å². The lowest BCUT2D eigenvalue weighted by molar-refractivity contribution is 0.647. The van der Waals surface area contributed by atoms with Gasteiger partial charge in [-0.2, -0.15) is 0 Å². The van der Waals surface area contributed by atoms with Gasteiger partial charge in [-0.1, -0.05) is 70.5 Å².